The van der Waals surface area contributed by atoms with Crippen LogP contribution in [-0.2, 0) is 16.0 Å². The molecule has 0 aliphatic carbocycles. The minimum Gasteiger partial charge on any atom is -0.360 e. The van der Waals surface area contributed by atoms with Crippen LogP contribution in [0.15, 0.2) is 39.3 Å². The Morgan fingerprint density at radius 2 is 2.10 bits per heavy atom. The Hall–Kier alpha value is -2.15. The van der Waals surface area contributed by atoms with Gasteiger partial charge < -0.3 is 15.2 Å². The molecule has 21 heavy (non-hydrogen) atoms. The molecule has 0 atom stereocenters. The molecule has 2 aromatic rings. The van der Waals surface area contributed by atoms with E-state index in [-0.39, 0.29) is 24.8 Å². The summed E-state index contributed by atoms with van der Waals surface area (Å²) in [5.41, 5.74) is 0.870. The van der Waals surface area contributed by atoms with Gasteiger partial charge in [-0.3, -0.25) is 9.59 Å². The Morgan fingerprint density at radius 3 is 2.76 bits per heavy atom. The topological polar surface area (TPSA) is 84.2 Å². The first kappa shape index (κ1) is 15.2. The van der Waals surface area contributed by atoms with Crippen LogP contribution in [0.25, 0.3) is 0 Å². The van der Waals surface area contributed by atoms with Crippen LogP contribution in [0, 0.1) is 6.92 Å². The van der Waals surface area contributed by atoms with Crippen LogP contribution in [0.5, 0.6) is 0 Å². The molecule has 0 bridgehead atoms. The van der Waals surface area contributed by atoms with Crippen LogP contribution in [0.1, 0.15) is 11.3 Å². The van der Waals surface area contributed by atoms with Gasteiger partial charge in [-0.1, -0.05) is 33.2 Å². The second-order valence-electron chi connectivity index (χ2n) is 4.45. The number of amides is 2. The Kier molecular flexibility index (Phi) is 5.10. The minimum atomic E-state index is -0.356. The highest BCUT2D eigenvalue weighted by molar-refractivity contribution is 9.10. The van der Waals surface area contributed by atoms with Crippen molar-refractivity contribution < 1.29 is 14.1 Å². The van der Waals surface area contributed by atoms with Crippen LogP contribution in [0.3, 0.4) is 0 Å². The van der Waals surface area contributed by atoms with Crippen molar-refractivity contribution in [1.82, 2.24) is 10.5 Å². The van der Waals surface area contributed by atoms with Crippen molar-refractivity contribution in [3.8, 4) is 0 Å². The first-order chi connectivity index (χ1) is 10.0. The molecule has 0 radical (unpaired) electrons. The Bertz CT molecular complexity index is 654. The molecule has 2 N–H and O–H groups in total. The second kappa shape index (κ2) is 7.03. The van der Waals surface area contributed by atoms with Gasteiger partial charge in [0.15, 0.2) is 5.82 Å². The number of nitrogens with one attached hydrogen (secondary N) is 2. The molecule has 2 rings (SSSR count). The molecule has 0 saturated heterocycles. The fourth-order valence-electron chi connectivity index (χ4n) is 1.69. The van der Waals surface area contributed by atoms with E-state index in [1.807, 2.05) is 24.3 Å². The molecular formula is C14H14BrN3O3. The van der Waals surface area contributed by atoms with Crippen molar-refractivity contribution >= 4 is 33.6 Å². The van der Waals surface area contributed by atoms with Crippen molar-refractivity contribution in [2.75, 3.05) is 11.9 Å². The zero-order valence-corrected chi connectivity index (χ0v) is 12.9. The average molecular weight is 352 g/mol. The molecule has 0 saturated carbocycles. The van der Waals surface area contributed by atoms with E-state index in [4.69, 9.17) is 4.52 Å². The summed E-state index contributed by atoms with van der Waals surface area (Å²) in [6, 6.07) is 9.04. The van der Waals surface area contributed by atoms with E-state index in [1.54, 1.807) is 13.0 Å². The summed E-state index contributed by atoms with van der Waals surface area (Å²) in [6.07, 6.45) is 0.218. The average Bonchev–Trinajstić information content (AvgIpc) is 2.82. The normalized spacial score (nSPS) is 10.2. The number of halogens is 1. The van der Waals surface area contributed by atoms with Gasteiger partial charge in [-0.25, -0.2) is 0 Å². The molecule has 0 aliphatic rings. The second-order valence-corrected chi connectivity index (χ2v) is 5.37. The van der Waals surface area contributed by atoms with Gasteiger partial charge in [0.25, 0.3) is 0 Å². The molecule has 0 unspecified atom stereocenters. The first-order valence-electron chi connectivity index (χ1n) is 6.27. The quantitative estimate of drug-likeness (QED) is 0.863. The van der Waals surface area contributed by atoms with Crippen LogP contribution in [0.4, 0.5) is 5.82 Å². The third-order valence-electron chi connectivity index (χ3n) is 2.60. The van der Waals surface area contributed by atoms with Gasteiger partial charge in [0.2, 0.25) is 11.8 Å². The molecule has 7 heteroatoms. The molecule has 6 nitrogen and oxygen atoms in total. The molecular weight excluding hydrogens is 338 g/mol. The number of aromatic nitrogens is 1. The summed E-state index contributed by atoms with van der Waals surface area (Å²) >= 11 is 3.34. The largest absolute Gasteiger partial charge is 0.360 e. The van der Waals surface area contributed by atoms with Crippen LogP contribution >= 0.6 is 15.9 Å². The van der Waals surface area contributed by atoms with E-state index in [2.05, 4.69) is 31.7 Å². The smallest absolute Gasteiger partial charge is 0.245 e. The highest BCUT2D eigenvalue weighted by atomic mass is 79.9. The Morgan fingerprint density at radius 1 is 1.29 bits per heavy atom. The monoisotopic (exact) mass is 351 g/mol. The number of rotatable bonds is 5. The lowest BCUT2D eigenvalue weighted by Crippen LogP contribution is -2.33. The predicted octanol–water partition coefficient (Wildman–Crippen LogP) is 2.04. The summed E-state index contributed by atoms with van der Waals surface area (Å²) in [6.45, 7) is 1.61. The number of benzene rings is 1. The predicted molar refractivity (Wildman–Crippen MR) is 80.7 cm³/mol. The fraction of sp³-hybridized carbons (Fsp3) is 0.214. The Labute approximate surface area is 130 Å². The van der Waals surface area contributed by atoms with Gasteiger partial charge >= 0.3 is 0 Å². The van der Waals surface area contributed by atoms with Gasteiger partial charge in [-0.15, -0.1) is 0 Å². The zero-order valence-electron chi connectivity index (χ0n) is 11.4. The first-order valence-corrected chi connectivity index (χ1v) is 7.06. The number of nitrogens with zero attached hydrogens (tertiary/aromatic N) is 1. The maximum absolute atomic E-state index is 11.7. The molecule has 0 aliphatic heterocycles. The lowest BCUT2D eigenvalue weighted by molar-refractivity contribution is -0.123. The number of carbonyl (C=O) groups is 2. The van der Waals surface area contributed by atoms with E-state index in [0.717, 1.165) is 10.0 Å². The third kappa shape index (κ3) is 5.03. The Balaban J connectivity index is 1.77. The zero-order chi connectivity index (χ0) is 15.2. The lowest BCUT2D eigenvalue weighted by Gasteiger charge is -2.05. The van der Waals surface area contributed by atoms with E-state index >= 15 is 0 Å². The highest BCUT2D eigenvalue weighted by Crippen LogP contribution is 2.12. The summed E-state index contributed by atoms with van der Waals surface area (Å²) < 4.78 is 5.73. The molecule has 1 aromatic heterocycles. The molecule has 0 fully saturated rings. The summed E-state index contributed by atoms with van der Waals surface area (Å²) in [4.78, 5) is 23.4. The van der Waals surface area contributed by atoms with E-state index in [1.165, 1.54) is 0 Å². The maximum Gasteiger partial charge on any atom is 0.245 e. The van der Waals surface area contributed by atoms with Crippen molar-refractivity contribution in [2.45, 2.75) is 13.3 Å². The molecule has 1 aromatic carbocycles. The van der Waals surface area contributed by atoms with Crippen molar-refractivity contribution in [3.63, 3.8) is 0 Å². The van der Waals surface area contributed by atoms with Crippen molar-refractivity contribution in [2.24, 2.45) is 0 Å². The third-order valence-corrected chi connectivity index (χ3v) is 3.09. The minimum absolute atomic E-state index is 0.112. The number of carbonyl (C=O) groups excluding carboxylic acids is 2. The summed E-state index contributed by atoms with van der Waals surface area (Å²) in [5.74, 6) is 0.355. The molecule has 2 amide bonds. The standard InChI is InChI=1S/C14H14BrN3O3/c1-9-5-12(18-21-9)17-14(20)8-16-13(19)7-10-3-2-4-11(15)6-10/h2-6H,7-8H2,1H3,(H,16,19)(H,17,18,20). The van der Waals surface area contributed by atoms with Crippen molar-refractivity contribution in [3.05, 3.63) is 46.1 Å². The number of hydrogen-bond acceptors (Lipinski definition) is 4. The van der Waals surface area contributed by atoms with Crippen LogP contribution in [0.2, 0.25) is 0 Å². The van der Waals surface area contributed by atoms with Crippen molar-refractivity contribution in [1.29, 1.82) is 0 Å². The number of anilines is 1. The van der Waals surface area contributed by atoms with Crippen LogP contribution in [-0.4, -0.2) is 23.5 Å². The van der Waals surface area contributed by atoms with E-state index in [0.29, 0.717) is 11.6 Å². The van der Waals surface area contributed by atoms with E-state index in [9.17, 15) is 9.59 Å². The van der Waals surface area contributed by atoms with Gasteiger partial charge in [0.05, 0.1) is 13.0 Å². The maximum atomic E-state index is 11.7. The lowest BCUT2D eigenvalue weighted by atomic mass is 10.1. The van der Waals surface area contributed by atoms with Crippen LogP contribution < -0.4 is 10.6 Å². The number of aryl methyl sites for hydroxylation is 1. The van der Waals surface area contributed by atoms with Gasteiger partial charge in [0, 0.05) is 10.5 Å². The van der Waals surface area contributed by atoms with E-state index < -0.39 is 0 Å². The van der Waals surface area contributed by atoms with Gasteiger partial charge in [0.1, 0.15) is 5.76 Å². The highest BCUT2D eigenvalue weighted by Gasteiger charge is 2.09. The summed E-state index contributed by atoms with van der Waals surface area (Å²) in [5, 5.41) is 8.71. The number of hydrogen-bond donors (Lipinski definition) is 2. The molecule has 0 spiro atoms. The van der Waals surface area contributed by atoms with Gasteiger partial charge in [-0.2, -0.15) is 0 Å². The SMILES string of the molecule is Cc1cc(NC(=O)CNC(=O)Cc2cccc(Br)c2)no1. The van der Waals surface area contributed by atoms with Gasteiger partial charge in [-0.05, 0) is 24.6 Å². The molecule has 110 valence electrons. The summed E-state index contributed by atoms with van der Waals surface area (Å²) in [7, 11) is 0. The molecule has 1 heterocycles. The fourth-order valence-corrected chi connectivity index (χ4v) is 2.13.